The Kier molecular flexibility index (Phi) is 5.85. The quantitative estimate of drug-likeness (QED) is 0.175. The molecule has 0 unspecified atom stereocenters. The maximum atomic E-state index is 14.8. The van der Waals surface area contributed by atoms with Crippen molar-refractivity contribution in [2.75, 3.05) is 10.2 Å². The molecule has 4 atom stereocenters. The van der Waals surface area contributed by atoms with Crippen LogP contribution in [0.25, 0.3) is 6.08 Å². The Bertz CT molecular complexity index is 1870. The molecule has 4 aromatic carbocycles. The van der Waals surface area contributed by atoms with Gasteiger partial charge in [-0.15, -0.1) is 0 Å². The summed E-state index contributed by atoms with van der Waals surface area (Å²) in [7, 11) is 0. The van der Waals surface area contributed by atoms with Gasteiger partial charge < -0.3 is 10.2 Å². The number of nitro groups is 1. The number of benzene rings is 4. The number of carbonyl (C=O) groups excluding carboxylic acids is 3. The average molecular weight is 576 g/mol. The average Bonchev–Trinajstić information content (AvgIpc) is 3.49. The second-order valence-corrected chi connectivity index (χ2v) is 11.0. The van der Waals surface area contributed by atoms with E-state index in [1.165, 1.54) is 24.3 Å². The zero-order valence-electron chi connectivity index (χ0n) is 21.9. The lowest BCUT2D eigenvalue weighted by Gasteiger charge is -2.37. The molecule has 7 rings (SSSR count). The number of nitro benzene ring substituents is 1. The number of ketones is 2. The van der Waals surface area contributed by atoms with Crippen LogP contribution in [0.1, 0.15) is 31.8 Å². The molecule has 0 bridgehead atoms. The van der Waals surface area contributed by atoms with Gasteiger partial charge in [0.2, 0.25) is 5.91 Å². The summed E-state index contributed by atoms with van der Waals surface area (Å²) in [4.78, 5) is 56.7. The van der Waals surface area contributed by atoms with Crippen LogP contribution in [0.2, 0.25) is 5.02 Å². The number of nitrogens with zero attached hydrogens (tertiary/aromatic N) is 2. The van der Waals surface area contributed by atoms with Gasteiger partial charge in [-0.3, -0.25) is 24.5 Å². The topological polar surface area (TPSA) is 110 Å². The summed E-state index contributed by atoms with van der Waals surface area (Å²) in [6, 6.07) is 24.8. The van der Waals surface area contributed by atoms with Gasteiger partial charge in [0.25, 0.3) is 5.69 Å². The van der Waals surface area contributed by atoms with Gasteiger partial charge in [0.05, 0.1) is 21.9 Å². The first kappa shape index (κ1) is 25.9. The van der Waals surface area contributed by atoms with Crippen molar-refractivity contribution < 1.29 is 19.3 Å². The Morgan fingerprint density at radius 2 is 1.64 bits per heavy atom. The molecule has 9 heteroatoms. The molecule has 4 aromatic rings. The van der Waals surface area contributed by atoms with Crippen LogP contribution in [0.4, 0.5) is 17.1 Å². The second-order valence-electron chi connectivity index (χ2n) is 10.6. The number of halogens is 1. The van der Waals surface area contributed by atoms with Crippen LogP contribution in [-0.4, -0.2) is 34.5 Å². The Hall–Kier alpha value is -5.08. The van der Waals surface area contributed by atoms with Gasteiger partial charge >= 0.3 is 0 Å². The molecule has 3 aliphatic rings. The number of para-hydroxylation sites is 2. The molecule has 0 aliphatic carbocycles. The van der Waals surface area contributed by atoms with Crippen LogP contribution in [0.15, 0.2) is 103 Å². The number of anilines is 2. The summed E-state index contributed by atoms with van der Waals surface area (Å²) in [6.07, 6.45) is 3.78. The summed E-state index contributed by atoms with van der Waals surface area (Å²) in [5.41, 5.74) is 1.14. The van der Waals surface area contributed by atoms with E-state index in [0.717, 1.165) is 5.56 Å². The summed E-state index contributed by atoms with van der Waals surface area (Å²) >= 11 is 6.54. The summed E-state index contributed by atoms with van der Waals surface area (Å²) in [5, 5.41) is 14.8. The van der Waals surface area contributed by atoms with Crippen molar-refractivity contribution >= 4 is 52.2 Å². The van der Waals surface area contributed by atoms with Gasteiger partial charge in [0.1, 0.15) is 11.5 Å². The molecule has 206 valence electrons. The standard InChI is InChI=1S/C33H22ClN3O5/c34-24-13-4-2-11-22(24)31(39)29-28(30(38)20-9-7-10-21(18-20)37(41)42)33(23-12-3-5-14-25(23)35-32(33)40)27-17-16-19-8-1-6-15-26(19)36(27)29/h1-18,27-29H,(H,35,40)/t27-,28+,29-,33+/m0/s1. The maximum absolute atomic E-state index is 14.8. The van der Waals surface area contributed by atoms with Gasteiger partial charge in [0.15, 0.2) is 11.6 Å². The Morgan fingerprint density at radius 3 is 2.45 bits per heavy atom. The van der Waals surface area contributed by atoms with E-state index >= 15 is 0 Å². The summed E-state index contributed by atoms with van der Waals surface area (Å²) in [6.45, 7) is 0. The van der Waals surface area contributed by atoms with E-state index in [9.17, 15) is 24.5 Å². The number of non-ortho nitro benzene ring substituents is 1. The predicted octanol–water partition coefficient (Wildman–Crippen LogP) is 6.10. The van der Waals surface area contributed by atoms with Crippen molar-refractivity contribution in [3.63, 3.8) is 0 Å². The Balaban J connectivity index is 1.55. The molecule has 1 N–H and O–H groups in total. The SMILES string of the molecule is O=C(c1ccccc1Cl)[C@@H]1[C@H](C(=O)c2cccc([N+](=O)[O-])c2)[C@]2(C(=O)Nc3ccccc32)[C@@H]2C=Cc3ccccc3N12. The number of nitrogens with one attached hydrogen (secondary N) is 1. The van der Waals surface area contributed by atoms with E-state index < -0.39 is 45.8 Å². The minimum absolute atomic E-state index is 0.0415. The highest BCUT2D eigenvalue weighted by Crippen LogP contribution is 2.58. The fourth-order valence-corrected chi connectivity index (χ4v) is 7.12. The van der Waals surface area contributed by atoms with Gasteiger partial charge in [-0.25, -0.2) is 0 Å². The first-order valence-electron chi connectivity index (χ1n) is 13.4. The van der Waals surface area contributed by atoms with Crippen molar-refractivity contribution in [2.45, 2.75) is 17.5 Å². The maximum Gasteiger partial charge on any atom is 0.270 e. The highest BCUT2D eigenvalue weighted by atomic mass is 35.5. The minimum Gasteiger partial charge on any atom is -0.352 e. The minimum atomic E-state index is -1.52. The van der Waals surface area contributed by atoms with E-state index in [-0.39, 0.29) is 21.8 Å². The highest BCUT2D eigenvalue weighted by Gasteiger charge is 2.70. The highest BCUT2D eigenvalue weighted by molar-refractivity contribution is 6.34. The molecular weight excluding hydrogens is 554 g/mol. The first-order chi connectivity index (χ1) is 20.3. The molecule has 8 nitrogen and oxygen atoms in total. The fraction of sp³-hybridized carbons (Fsp3) is 0.121. The molecule has 42 heavy (non-hydrogen) atoms. The fourth-order valence-electron chi connectivity index (χ4n) is 6.89. The number of hydrogen-bond donors (Lipinski definition) is 1. The third-order valence-corrected chi connectivity index (χ3v) is 8.90. The van der Waals surface area contributed by atoms with Crippen LogP contribution in [-0.2, 0) is 10.2 Å². The zero-order chi connectivity index (χ0) is 29.2. The van der Waals surface area contributed by atoms with E-state index in [1.54, 1.807) is 48.5 Å². The summed E-state index contributed by atoms with van der Waals surface area (Å²) < 4.78 is 0. The van der Waals surface area contributed by atoms with Crippen molar-refractivity contribution in [3.05, 3.63) is 141 Å². The van der Waals surface area contributed by atoms with Crippen molar-refractivity contribution in [2.24, 2.45) is 5.92 Å². The van der Waals surface area contributed by atoms with Gasteiger partial charge in [-0.05, 0) is 35.4 Å². The molecule has 3 aliphatic heterocycles. The second kappa shape index (κ2) is 9.49. The summed E-state index contributed by atoms with van der Waals surface area (Å²) in [5.74, 6) is -2.64. The van der Waals surface area contributed by atoms with Crippen LogP contribution in [0.5, 0.6) is 0 Å². The molecule has 0 radical (unpaired) electrons. The van der Waals surface area contributed by atoms with Crippen LogP contribution in [0, 0.1) is 16.0 Å². The number of rotatable bonds is 5. The number of carbonyl (C=O) groups is 3. The van der Waals surface area contributed by atoms with Gasteiger partial charge in [0, 0.05) is 34.6 Å². The van der Waals surface area contributed by atoms with Gasteiger partial charge in [-0.1, -0.05) is 84.4 Å². The number of Topliss-reactive ketones (excluding diaryl/α,β-unsaturated/α-hetero) is 2. The van der Waals surface area contributed by atoms with Crippen molar-refractivity contribution in [1.82, 2.24) is 0 Å². The van der Waals surface area contributed by atoms with E-state index in [2.05, 4.69) is 5.32 Å². The smallest absolute Gasteiger partial charge is 0.270 e. The van der Waals surface area contributed by atoms with E-state index in [0.29, 0.717) is 16.9 Å². The number of fused-ring (bicyclic) bond motifs is 6. The molecule has 0 saturated carbocycles. The number of hydrogen-bond acceptors (Lipinski definition) is 6. The third-order valence-electron chi connectivity index (χ3n) is 8.57. The van der Waals surface area contributed by atoms with Crippen LogP contribution < -0.4 is 10.2 Å². The van der Waals surface area contributed by atoms with Crippen LogP contribution >= 0.6 is 11.6 Å². The van der Waals surface area contributed by atoms with Crippen molar-refractivity contribution in [1.29, 1.82) is 0 Å². The van der Waals surface area contributed by atoms with Crippen LogP contribution in [0.3, 0.4) is 0 Å². The number of amides is 1. The van der Waals surface area contributed by atoms with E-state index in [4.69, 9.17) is 11.6 Å². The normalized spacial score (nSPS) is 23.2. The largest absolute Gasteiger partial charge is 0.352 e. The molecule has 0 aromatic heterocycles. The lowest BCUT2D eigenvalue weighted by molar-refractivity contribution is -0.384. The molecular formula is C33H22ClN3O5. The third kappa shape index (κ3) is 3.51. The first-order valence-corrected chi connectivity index (χ1v) is 13.8. The Labute approximate surface area is 245 Å². The predicted molar refractivity (Wildman–Crippen MR) is 159 cm³/mol. The van der Waals surface area contributed by atoms with Gasteiger partial charge in [-0.2, -0.15) is 0 Å². The molecule has 1 fully saturated rings. The molecule has 3 heterocycles. The Morgan fingerprint density at radius 1 is 0.905 bits per heavy atom. The molecule has 1 amide bonds. The van der Waals surface area contributed by atoms with E-state index in [1.807, 2.05) is 41.3 Å². The van der Waals surface area contributed by atoms with Crippen molar-refractivity contribution in [3.8, 4) is 0 Å². The molecule has 1 spiro atoms. The molecule has 1 saturated heterocycles. The lowest BCUT2D eigenvalue weighted by Crippen LogP contribution is -2.51. The lowest BCUT2D eigenvalue weighted by atomic mass is 9.64. The monoisotopic (exact) mass is 575 g/mol. The zero-order valence-corrected chi connectivity index (χ0v) is 22.7.